The zero-order valence-corrected chi connectivity index (χ0v) is 14.0. The molecular formula is C20H21N3O2. The summed E-state index contributed by atoms with van der Waals surface area (Å²) in [7, 11) is 0. The summed E-state index contributed by atoms with van der Waals surface area (Å²) < 4.78 is 6.34. The summed E-state index contributed by atoms with van der Waals surface area (Å²) in [6.07, 6.45) is 5.09. The van der Waals surface area contributed by atoms with Crippen LogP contribution in [0.1, 0.15) is 30.0 Å². The third kappa shape index (κ3) is 2.23. The Labute approximate surface area is 147 Å². The summed E-state index contributed by atoms with van der Waals surface area (Å²) in [6, 6.07) is 14.5. The van der Waals surface area contributed by atoms with Crippen molar-refractivity contribution in [2.45, 2.75) is 37.2 Å². The number of ether oxygens (including phenoxy) is 1. The minimum atomic E-state index is -0.440. The maximum atomic E-state index is 12.9. The van der Waals surface area contributed by atoms with Gasteiger partial charge in [0.2, 0.25) is 5.91 Å². The van der Waals surface area contributed by atoms with Gasteiger partial charge in [-0.1, -0.05) is 30.3 Å². The highest BCUT2D eigenvalue weighted by atomic mass is 16.5. The number of amides is 1. The molecule has 2 aromatic rings. The summed E-state index contributed by atoms with van der Waals surface area (Å²) in [5.74, 6) is 0.218. The van der Waals surface area contributed by atoms with Crippen LogP contribution in [0.2, 0.25) is 0 Å². The van der Waals surface area contributed by atoms with Gasteiger partial charge >= 0.3 is 0 Å². The molecule has 1 amide bonds. The van der Waals surface area contributed by atoms with Gasteiger partial charge in [0.05, 0.1) is 18.7 Å². The molecule has 3 aliphatic heterocycles. The number of carbonyl (C=O) groups is 1. The summed E-state index contributed by atoms with van der Waals surface area (Å²) in [5.41, 5.74) is 1.96. The largest absolute Gasteiger partial charge is 0.351 e. The maximum Gasteiger partial charge on any atom is 0.227 e. The highest BCUT2D eigenvalue weighted by Gasteiger charge is 2.64. The molecule has 128 valence electrons. The Kier molecular flexibility index (Phi) is 3.40. The molecule has 0 N–H and O–H groups in total. The van der Waals surface area contributed by atoms with Crippen molar-refractivity contribution < 1.29 is 9.53 Å². The molecule has 0 aliphatic carbocycles. The van der Waals surface area contributed by atoms with Crippen LogP contribution >= 0.6 is 0 Å². The van der Waals surface area contributed by atoms with Crippen molar-refractivity contribution in [1.82, 2.24) is 14.8 Å². The van der Waals surface area contributed by atoms with Crippen molar-refractivity contribution in [3.05, 3.63) is 66.0 Å². The van der Waals surface area contributed by atoms with Gasteiger partial charge in [-0.15, -0.1) is 0 Å². The van der Waals surface area contributed by atoms with E-state index in [2.05, 4.69) is 22.0 Å². The molecule has 3 atom stereocenters. The first-order valence-electron chi connectivity index (χ1n) is 8.92. The lowest BCUT2D eigenvalue weighted by atomic mass is 10.0. The minimum absolute atomic E-state index is 0.0413. The molecular weight excluding hydrogens is 314 g/mol. The normalized spacial score (nSPS) is 31.4. The molecule has 4 heterocycles. The van der Waals surface area contributed by atoms with Crippen LogP contribution in [0.3, 0.4) is 0 Å². The third-order valence-corrected chi connectivity index (χ3v) is 5.89. The summed E-state index contributed by atoms with van der Waals surface area (Å²) in [5, 5.41) is 0. The van der Waals surface area contributed by atoms with Crippen molar-refractivity contribution in [3.63, 3.8) is 0 Å². The Balaban J connectivity index is 1.43. The van der Waals surface area contributed by atoms with Gasteiger partial charge in [0.25, 0.3) is 0 Å². The predicted octanol–water partition coefficient (Wildman–Crippen LogP) is 2.36. The zero-order chi connectivity index (χ0) is 16.9. The van der Waals surface area contributed by atoms with E-state index in [9.17, 15) is 4.79 Å². The van der Waals surface area contributed by atoms with Crippen molar-refractivity contribution in [3.8, 4) is 0 Å². The molecule has 0 bridgehead atoms. The van der Waals surface area contributed by atoms with Gasteiger partial charge in [-0.05, 0) is 23.3 Å². The van der Waals surface area contributed by atoms with Gasteiger partial charge in [0, 0.05) is 38.3 Å². The Morgan fingerprint density at radius 1 is 1.16 bits per heavy atom. The minimum Gasteiger partial charge on any atom is -0.351 e. The second kappa shape index (κ2) is 5.64. The summed E-state index contributed by atoms with van der Waals surface area (Å²) in [6.45, 7) is 2.39. The van der Waals surface area contributed by atoms with E-state index in [1.165, 1.54) is 11.1 Å². The van der Waals surface area contributed by atoms with Crippen LogP contribution < -0.4 is 0 Å². The molecule has 0 radical (unpaired) electrons. The number of rotatable bonds is 3. The number of hydrogen-bond acceptors (Lipinski definition) is 4. The number of likely N-dealkylation sites (tertiary alicyclic amines) is 1. The van der Waals surface area contributed by atoms with Crippen LogP contribution in [0.4, 0.5) is 0 Å². The maximum absolute atomic E-state index is 12.9. The molecule has 5 heteroatoms. The molecule has 1 aromatic heterocycles. The first-order valence-corrected chi connectivity index (χ1v) is 8.92. The van der Waals surface area contributed by atoms with Crippen molar-refractivity contribution >= 4 is 5.91 Å². The van der Waals surface area contributed by atoms with Crippen LogP contribution in [-0.4, -0.2) is 45.6 Å². The van der Waals surface area contributed by atoms with Gasteiger partial charge in [-0.3, -0.25) is 14.7 Å². The van der Waals surface area contributed by atoms with Gasteiger partial charge in [0.1, 0.15) is 0 Å². The predicted molar refractivity (Wildman–Crippen MR) is 92.4 cm³/mol. The molecule has 25 heavy (non-hydrogen) atoms. The van der Waals surface area contributed by atoms with Crippen LogP contribution in [0.15, 0.2) is 54.9 Å². The fourth-order valence-corrected chi connectivity index (χ4v) is 4.76. The van der Waals surface area contributed by atoms with Crippen LogP contribution in [-0.2, 0) is 16.1 Å². The average molecular weight is 335 g/mol. The molecule has 3 fully saturated rings. The Hall–Kier alpha value is -2.24. The SMILES string of the molecule is O=C1C[C@H]2N(Cc3ccncc3)CC[C@]23OC[C@@H](c2ccccc2)N13. The number of aromatic nitrogens is 1. The van der Waals surface area contributed by atoms with Gasteiger partial charge < -0.3 is 9.64 Å². The van der Waals surface area contributed by atoms with E-state index in [1.54, 1.807) is 0 Å². The van der Waals surface area contributed by atoms with E-state index in [1.807, 2.05) is 47.6 Å². The van der Waals surface area contributed by atoms with Gasteiger partial charge in [-0.2, -0.15) is 0 Å². The molecule has 3 saturated heterocycles. The molecule has 1 spiro atoms. The van der Waals surface area contributed by atoms with Crippen molar-refractivity contribution in [2.24, 2.45) is 0 Å². The summed E-state index contributed by atoms with van der Waals surface area (Å²) >= 11 is 0. The fraction of sp³-hybridized carbons (Fsp3) is 0.400. The molecule has 1 aromatic carbocycles. The zero-order valence-electron chi connectivity index (χ0n) is 14.0. The van der Waals surface area contributed by atoms with Gasteiger partial charge in [0.15, 0.2) is 5.72 Å². The standard InChI is InChI=1S/C20H21N3O2/c24-19-12-18-20(8-11-22(18)13-15-6-9-21-10-7-15)23(19)17(14-25-20)16-4-2-1-3-5-16/h1-7,9-10,17-18H,8,11-14H2/t17-,18+,20-/m0/s1. The van der Waals surface area contributed by atoms with E-state index in [0.29, 0.717) is 13.0 Å². The first-order chi connectivity index (χ1) is 12.3. The highest BCUT2D eigenvalue weighted by Crippen LogP contribution is 2.51. The smallest absolute Gasteiger partial charge is 0.227 e. The molecule has 5 nitrogen and oxygen atoms in total. The first kappa shape index (κ1) is 15.0. The Bertz CT molecular complexity index is 782. The van der Waals surface area contributed by atoms with E-state index in [-0.39, 0.29) is 18.0 Å². The Morgan fingerprint density at radius 2 is 1.96 bits per heavy atom. The van der Waals surface area contributed by atoms with Crippen LogP contribution in [0.25, 0.3) is 0 Å². The number of pyridine rings is 1. The number of benzene rings is 1. The molecule has 0 saturated carbocycles. The van der Waals surface area contributed by atoms with Crippen LogP contribution in [0, 0.1) is 0 Å². The molecule has 0 unspecified atom stereocenters. The quantitative estimate of drug-likeness (QED) is 0.864. The van der Waals surface area contributed by atoms with E-state index < -0.39 is 5.72 Å². The average Bonchev–Trinajstić information content (AvgIpc) is 3.27. The molecule has 3 aliphatic rings. The topological polar surface area (TPSA) is 45.7 Å². The monoisotopic (exact) mass is 335 g/mol. The van der Waals surface area contributed by atoms with Crippen molar-refractivity contribution in [2.75, 3.05) is 13.2 Å². The molecule has 5 rings (SSSR count). The van der Waals surface area contributed by atoms with E-state index in [4.69, 9.17) is 4.74 Å². The lowest BCUT2D eigenvalue weighted by molar-refractivity contribution is -0.138. The lowest BCUT2D eigenvalue weighted by Gasteiger charge is -2.33. The Morgan fingerprint density at radius 3 is 2.76 bits per heavy atom. The van der Waals surface area contributed by atoms with Gasteiger partial charge in [-0.25, -0.2) is 0 Å². The summed E-state index contributed by atoms with van der Waals surface area (Å²) in [4.78, 5) is 21.4. The van der Waals surface area contributed by atoms with E-state index >= 15 is 0 Å². The van der Waals surface area contributed by atoms with Crippen LogP contribution in [0.5, 0.6) is 0 Å². The highest BCUT2D eigenvalue weighted by molar-refractivity contribution is 5.82. The van der Waals surface area contributed by atoms with E-state index in [0.717, 1.165) is 19.5 Å². The fourth-order valence-electron chi connectivity index (χ4n) is 4.76. The second-order valence-corrected chi connectivity index (χ2v) is 7.14. The van der Waals surface area contributed by atoms with Crippen molar-refractivity contribution in [1.29, 1.82) is 0 Å². The third-order valence-electron chi connectivity index (χ3n) is 5.89. The lowest BCUT2D eigenvalue weighted by Crippen LogP contribution is -2.48. The second-order valence-electron chi connectivity index (χ2n) is 7.14. The number of nitrogens with zero attached hydrogens (tertiary/aromatic N) is 3. The number of hydrogen-bond donors (Lipinski definition) is 0. The number of carbonyl (C=O) groups excluding carboxylic acids is 1.